The van der Waals surface area contributed by atoms with E-state index in [-0.39, 0.29) is 5.91 Å². The molecule has 150 valence electrons. The van der Waals surface area contributed by atoms with Crippen LogP contribution in [0.4, 0.5) is 4.79 Å². The molecule has 2 rings (SSSR count). The second kappa shape index (κ2) is 10.8. The lowest BCUT2D eigenvalue weighted by molar-refractivity contribution is 0.0523. The third kappa shape index (κ3) is 8.48. The summed E-state index contributed by atoms with van der Waals surface area (Å²) in [5.74, 6) is 1.71. The van der Waals surface area contributed by atoms with Crippen LogP contribution in [0.25, 0.3) is 0 Å². The summed E-state index contributed by atoms with van der Waals surface area (Å²) in [6.07, 6.45) is -0.456. The molecule has 0 spiro atoms. The molecule has 0 radical (unpaired) electrons. The van der Waals surface area contributed by atoms with Crippen LogP contribution in [0.1, 0.15) is 42.3 Å². The van der Waals surface area contributed by atoms with Gasteiger partial charge in [0, 0.05) is 30.2 Å². The number of nitrogens with one attached hydrogen (secondary N) is 2. The molecule has 2 N–H and O–H groups in total. The number of amides is 2. The Morgan fingerprint density at radius 3 is 2.25 bits per heavy atom. The summed E-state index contributed by atoms with van der Waals surface area (Å²) < 4.78 is 5.20. The molecule has 0 saturated carbocycles. The number of hydrogen-bond acceptors (Lipinski definition) is 4. The zero-order valence-electron chi connectivity index (χ0n) is 16.7. The van der Waals surface area contributed by atoms with Crippen LogP contribution in [-0.2, 0) is 17.0 Å². The summed E-state index contributed by atoms with van der Waals surface area (Å²) >= 11 is 1.79. The van der Waals surface area contributed by atoms with Gasteiger partial charge in [-0.05, 0) is 44.0 Å². The second-order valence-electron chi connectivity index (χ2n) is 7.35. The van der Waals surface area contributed by atoms with E-state index in [2.05, 4.69) is 22.8 Å². The Hall–Kier alpha value is -2.47. The molecule has 0 fully saturated rings. The second-order valence-corrected chi connectivity index (χ2v) is 8.45. The van der Waals surface area contributed by atoms with Crippen LogP contribution in [0.3, 0.4) is 0 Å². The third-order valence-electron chi connectivity index (χ3n) is 3.70. The average Bonchev–Trinajstić information content (AvgIpc) is 2.66. The van der Waals surface area contributed by atoms with E-state index in [9.17, 15) is 9.59 Å². The van der Waals surface area contributed by atoms with Crippen molar-refractivity contribution in [3.05, 3.63) is 71.3 Å². The fraction of sp³-hybridized carbons (Fsp3) is 0.364. The van der Waals surface area contributed by atoms with Gasteiger partial charge in [0.25, 0.3) is 5.91 Å². The van der Waals surface area contributed by atoms with Crippen molar-refractivity contribution in [2.24, 2.45) is 0 Å². The lowest BCUT2D eigenvalue weighted by Gasteiger charge is -2.19. The zero-order chi connectivity index (χ0) is 20.4. The van der Waals surface area contributed by atoms with Crippen molar-refractivity contribution in [1.29, 1.82) is 0 Å². The van der Waals surface area contributed by atoms with Crippen molar-refractivity contribution in [2.75, 3.05) is 12.3 Å². The Bertz CT molecular complexity index is 756. The van der Waals surface area contributed by atoms with Gasteiger partial charge in [0.15, 0.2) is 0 Å². The van der Waals surface area contributed by atoms with Gasteiger partial charge in [0.1, 0.15) is 5.60 Å². The summed E-state index contributed by atoms with van der Waals surface area (Å²) in [5, 5.41) is 5.63. The number of benzene rings is 2. The van der Waals surface area contributed by atoms with Gasteiger partial charge in [0.05, 0.1) is 0 Å². The summed E-state index contributed by atoms with van der Waals surface area (Å²) in [5.41, 5.74) is 2.27. The molecule has 0 aliphatic carbocycles. The minimum absolute atomic E-state index is 0.0908. The number of carbonyl (C=O) groups excluding carboxylic acids is 2. The SMILES string of the molecule is CC(C)(C)OC(=O)NCc1ccc(C(=O)NCCSCc2ccccc2)cc1. The average molecular weight is 401 g/mol. The van der Waals surface area contributed by atoms with Crippen LogP contribution >= 0.6 is 11.8 Å². The van der Waals surface area contributed by atoms with Crippen LogP contribution in [0.2, 0.25) is 0 Å². The van der Waals surface area contributed by atoms with Crippen LogP contribution in [0, 0.1) is 0 Å². The number of carbonyl (C=O) groups is 2. The molecule has 5 nitrogen and oxygen atoms in total. The zero-order valence-corrected chi connectivity index (χ0v) is 17.5. The molecule has 0 aliphatic heterocycles. The van der Waals surface area contributed by atoms with Gasteiger partial charge in [-0.2, -0.15) is 11.8 Å². The van der Waals surface area contributed by atoms with Crippen LogP contribution in [0.15, 0.2) is 54.6 Å². The summed E-state index contributed by atoms with van der Waals surface area (Å²) in [6.45, 7) is 6.44. The monoisotopic (exact) mass is 400 g/mol. The predicted octanol–water partition coefficient (Wildman–Crippen LogP) is 4.37. The van der Waals surface area contributed by atoms with E-state index in [4.69, 9.17) is 4.74 Å². The van der Waals surface area contributed by atoms with E-state index in [0.29, 0.717) is 18.7 Å². The van der Waals surface area contributed by atoms with Crippen molar-refractivity contribution < 1.29 is 14.3 Å². The molecule has 2 aromatic carbocycles. The molecule has 0 atom stereocenters. The highest BCUT2D eigenvalue weighted by molar-refractivity contribution is 7.98. The standard InChI is InChI=1S/C22H28N2O3S/c1-22(2,3)27-21(26)24-15-17-9-11-19(12-10-17)20(25)23-13-14-28-16-18-7-5-4-6-8-18/h4-12H,13-16H2,1-3H3,(H,23,25)(H,24,26). The molecular formula is C22H28N2O3S. The van der Waals surface area contributed by atoms with E-state index >= 15 is 0 Å². The van der Waals surface area contributed by atoms with E-state index in [1.165, 1.54) is 5.56 Å². The fourth-order valence-electron chi connectivity index (χ4n) is 2.37. The first kappa shape index (κ1) is 21.8. The van der Waals surface area contributed by atoms with Gasteiger partial charge in [0.2, 0.25) is 0 Å². The number of alkyl carbamates (subject to hydrolysis) is 1. The molecule has 0 bridgehead atoms. The summed E-state index contributed by atoms with van der Waals surface area (Å²) in [4.78, 5) is 23.9. The molecular weight excluding hydrogens is 372 g/mol. The van der Waals surface area contributed by atoms with E-state index in [1.807, 2.05) is 51.1 Å². The highest BCUT2D eigenvalue weighted by Crippen LogP contribution is 2.11. The number of ether oxygens (including phenoxy) is 1. The first-order valence-electron chi connectivity index (χ1n) is 9.29. The molecule has 0 heterocycles. The largest absolute Gasteiger partial charge is 0.444 e. The van der Waals surface area contributed by atoms with Gasteiger partial charge in [-0.3, -0.25) is 4.79 Å². The predicted molar refractivity (Wildman–Crippen MR) is 114 cm³/mol. The van der Waals surface area contributed by atoms with Gasteiger partial charge < -0.3 is 15.4 Å². The van der Waals surface area contributed by atoms with Crippen LogP contribution in [-0.4, -0.2) is 29.9 Å². The molecule has 0 aliphatic rings. The Morgan fingerprint density at radius 1 is 0.929 bits per heavy atom. The number of rotatable bonds is 8. The summed E-state index contributed by atoms with van der Waals surface area (Å²) in [6, 6.07) is 17.5. The highest BCUT2D eigenvalue weighted by Gasteiger charge is 2.15. The Morgan fingerprint density at radius 2 is 1.61 bits per heavy atom. The van der Waals surface area contributed by atoms with Crippen LogP contribution in [0.5, 0.6) is 0 Å². The summed E-state index contributed by atoms with van der Waals surface area (Å²) in [7, 11) is 0. The minimum atomic E-state index is -0.522. The van der Waals surface area contributed by atoms with Crippen molar-refractivity contribution in [1.82, 2.24) is 10.6 Å². The molecule has 0 unspecified atom stereocenters. The molecule has 0 saturated heterocycles. The maximum Gasteiger partial charge on any atom is 0.407 e. The number of thioether (sulfide) groups is 1. The third-order valence-corrected chi connectivity index (χ3v) is 4.73. The topological polar surface area (TPSA) is 67.4 Å². The molecule has 2 amide bonds. The van der Waals surface area contributed by atoms with Crippen molar-refractivity contribution >= 4 is 23.8 Å². The van der Waals surface area contributed by atoms with Crippen LogP contribution < -0.4 is 10.6 Å². The maximum absolute atomic E-state index is 12.2. The van der Waals surface area contributed by atoms with Crippen molar-refractivity contribution in [3.8, 4) is 0 Å². The molecule has 2 aromatic rings. The number of hydrogen-bond donors (Lipinski definition) is 2. The minimum Gasteiger partial charge on any atom is -0.444 e. The fourth-order valence-corrected chi connectivity index (χ4v) is 3.18. The highest BCUT2D eigenvalue weighted by atomic mass is 32.2. The van der Waals surface area contributed by atoms with E-state index in [0.717, 1.165) is 17.1 Å². The van der Waals surface area contributed by atoms with Gasteiger partial charge in [-0.15, -0.1) is 0 Å². The van der Waals surface area contributed by atoms with E-state index < -0.39 is 11.7 Å². The quantitative estimate of drug-likeness (QED) is 0.646. The first-order valence-corrected chi connectivity index (χ1v) is 10.4. The van der Waals surface area contributed by atoms with Crippen molar-refractivity contribution in [3.63, 3.8) is 0 Å². The van der Waals surface area contributed by atoms with Crippen molar-refractivity contribution in [2.45, 2.75) is 38.7 Å². The van der Waals surface area contributed by atoms with Gasteiger partial charge in [-0.25, -0.2) is 4.79 Å². The smallest absolute Gasteiger partial charge is 0.407 e. The van der Waals surface area contributed by atoms with E-state index in [1.54, 1.807) is 23.9 Å². The Kier molecular flexibility index (Phi) is 8.39. The Labute approximate surface area is 171 Å². The lowest BCUT2D eigenvalue weighted by atomic mass is 10.1. The molecule has 28 heavy (non-hydrogen) atoms. The lowest BCUT2D eigenvalue weighted by Crippen LogP contribution is -2.32. The van der Waals surface area contributed by atoms with Gasteiger partial charge in [-0.1, -0.05) is 42.5 Å². The molecule has 6 heteroatoms. The molecule has 0 aromatic heterocycles. The normalized spacial score (nSPS) is 11.0. The first-order chi connectivity index (χ1) is 13.3. The van der Waals surface area contributed by atoms with Gasteiger partial charge >= 0.3 is 6.09 Å². The Balaban J connectivity index is 1.67. The maximum atomic E-state index is 12.2.